The molecule has 1 aliphatic heterocycles. The minimum atomic E-state index is -3.67. The Kier molecular flexibility index (Phi) is 6.14. The summed E-state index contributed by atoms with van der Waals surface area (Å²) >= 11 is 0. The van der Waals surface area contributed by atoms with Crippen molar-refractivity contribution in [2.24, 2.45) is 11.8 Å². The summed E-state index contributed by atoms with van der Waals surface area (Å²) in [5.74, 6) is 0.163. The van der Waals surface area contributed by atoms with Crippen molar-refractivity contribution in [3.63, 3.8) is 0 Å². The van der Waals surface area contributed by atoms with E-state index in [1.165, 1.54) is 21.7 Å². The second-order valence-corrected chi connectivity index (χ2v) is 10.3. The maximum absolute atomic E-state index is 13.1. The number of sulfonamides is 1. The van der Waals surface area contributed by atoms with Crippen LogP contribution in [-0.4, -0.2) is 58.0 Å². The Bertz CT molecular complexity index is 961. The van der Waals surface area contributed by atoms with Gasteiger partial charge in [0, 0.05) is 19.1 Å². The molecule has 0 unspecified atom stereocenters. The predicted octanol–water partition coefficient (Wildman–Crippen LogP) is 1.76. The molecule has 0 spiro atoms. The molecule has 1 aromatic heterocycles. The van der Waals surface area contributed by atoms with Crippen LogP contribution in [0.1, 0.15) is 45.4 Å². The number of nitrogens with one attached hydrogen (secondary N) is 1. The van der Waals surface area contributed by atoms with Crippen LogP contribution in [0.5, 0.6) is 0 Å². The van der Waals surface area contributed by atoms with E-state index in [2.05, 4.69) is 27.8 Å². The fourth-order valence-corrected chi connectivity index (χ4v) is 5.93. The largest absolute Gasteiger partial charge is 0.353 e. The van der Waals surface area contributed by atoms with E-state index in [9.17, 15) is 13.2 Å². The second-order valence-electron chi connectivity index (χ2n) is 8.33. The number of benzene rings is 1. The van der Waals surface area contributed by atoms with E-state index >= 15 is 0 Å². The van der Waals surface area contributed by atoms with E-state index in [1.54, 1.807) is 24.3 Å². The maximum Gasteiger partial charge on any atom is 0.243 e. The van der Waals surface area contributed by atoms with Crippen molar-refractivity contribution in [2.75, 3.05) is 13.1 Å². The zero-order valence-electron chi connectivity index (χ0n) is 17.1. The number of tetrazole rings is 1. The normalized spacial score (nSPS) is 25.7. The maximum atomic E-state index is 13.1. The van der Waals surface area contributed by atoms with Crippen molar-refractivity contribution < 1.29 is 13.2 Å². The minimum absolute atomic E-state index is 0.0114. The van der Waals surface area contributed by atoms with Crippen LogP contribution in [0.4, 0.5) is 0 Å². The summed E-state index contributed by atoms with van der Waals surface area (Å²) in [6.45, 7) is 2.84. The quantitative estimate of drug-likeness (QED) is 0.771. The lowest BCUT2D eigenvalue weighted by molar-refractivity contribution is -0.127. The van der Waals surface area contributed by atoms with Gasteiger partial charge in [-0.05, 0) is 66.3 Å². The van der Waals surface area contributed by atoms with Gasteiger partial charge in [0.2, 0.25) is 15.9 Å². The average molecular weight is 433 g/mol. The number of hydrogen-bond acceptors (Lipinski definition) is 6. The van der Waals surface area contributed by atoms with Crippen molar-refractivity contribution in [2.45, 2.75) is 56.4 Å². The number of carbonyl (C=O) groups excluding carboxylic acids is 1. The molecular formula is C20H28N6O3S. The third-order valence-electron chi connectivity index (χ3n) is 6.28. The minimum Gasteiger partial charge on any atom is -0.353 e. The summed E-state index contributed by atoms with van der Waals surface area (Å²) in [4.78, 5) is 13.1. The monoisotopic (exact) mass is 432 g/mol. The molecule has 3 atom stereocenters. The SMILES string of the molecule is C[C@@H]1CCCC[C@H]1NC(=O)[C@@H]1CCCN(S(=O)(=O)c2ccc(-n3cnnn3)cc2)C1. The third-order valence-corrected chi connectivity index (χ3v) is 8.16. The van der Waals surface area contributed by atoms with Gasteiger partial charge in [0.1, 0.15) is 6.33 Å². The van der Waals surface area contributed by atoms with Crippen LogP contribution in [0.15, 0.2) is 35.5 Å². The highest BCUT2D eigenvalue weighted by Crippen LogP contribution is 2.27. The first-order chi connectivity index (χ1) is 14.4. The van der Waals surface area contributed by atoms with E-state index in [4.69, 9.17) is 0 Å². The Morgan fingerprint density at radius 2 is 1.87 bits per heavy atom. The van der Waals surface area contributed by atoms with Crippen LogP contribution in [0, 0.1) is 11.8 Å². The first kappa shape index (κ1) is 20.9. The molecule has 1 saturated heterocycles. The summed E-state index contributed by atoms with van der Waals surface area (Å²) in [6, 6.07) is 6.65. The topological polar surface area (TPSA) is 110 Å². The molecule has 162 valence electrons. The molecule has 10 heteroatoms. The molecule has 1 amide bonds. The fraction of sp³-hybridized carbons (Fsp3) is 0.600. The van der Waals surface area contributed by atoms with Gasteiger partial charge in [0.15, 0.2) is 0 Å². The van der Waals surface area contributed by atoms with Crippen molar-refractivity contribution in [1.82, 2.24) is 29.8 Å². The third kappa shape index (κ3) is 4.39. The zero-order valence-corrected chi connectivity index (χ0v) is 18.0. The summed E-state index contributed by atoms with van der Waals surface area (Å²) in [6.07, 6.45) is 7.35. The van der Waals surface area contributed by atoms with Crippen molar-refractivity contribution in [1.29, 1.82) is 0 Å². The second kappa shape index (κ2) is 8.81. The summed E-state index contributed by atoms with van der Waals surface area (Å²) in [5, 5.41) is 14.2. The highest BCUT2D eigenvalue weighted by molar-refractivity contribution is 7.89. The summed E-state index contributed by atoms with van der Waals surface area (Å²) in [7, 11) is -3.67. The smallest absolute Gasteiger partial charge is 0.243 e. The van der Waals surface area contributed by atoms with Crippen LogP contribution in [0.25, 0.3) is 5.69 Å². The van der Waals surface area contributed by atoms with Gasteiger partial charge in [0.25, 0.3) is 0 Å². The Morgan fingerprint density at radius 3 is 2.57 bits per heavy atom. The molecule has 9 nitrogen and oxygen atoms in total. The number of amides is 1. The van der Waals surface area contributed by atoms with Crippen LogP contribution in [-0.2, 0) is 14.8 Å². The van der Waals surface area contributed by atoms with Gasteiger partial charge >= 0.3 is 0 Å². The Morgan fingerprint density at radius 1 is 1.10 bits per heavy atom. The van der Waals surface area contributed by atoms with Gasteiger partial charge in [-0.3, -0.25) is 4.79 Å². The number of rotatable bonds is 5. The van der Waals surface area contributed by atoms with Crippen LogP contribution in [0.3, 0.4) is 0 Å². The van der Waals surface area contributed by atoms with Gasteiger partial charge in [-0.1, -0.05) is 19.8 Å². The van der Waals surface area contributed by atoms with E-state index < -0.39 is 10.0 Å². The average Bonchev–Trinajstić information content (AvgIpc) is 3.30. The first-order valence-electron chi connectivity index (χ1n) is 10.6. The van der Waals surface area contributed by atoms with Gasteiger partial charge in [-0.15, -0.1) is 5.10 Å². The molecule has 4 rings (SSSR count). The van der Waals surface area contributed by atoms with E-state index in [0.717, 1.165) is 25.7 Å². The van der Waals surface area contributed by atoms with Crippen molar-refractivity contribution >= 4 is 15.9 Å². The molecule has 1 N–H and O–H groups in total. The molecule has 2 aliphatic rings. The van der Waals surface area contributed by atoms with E-state index in [0.29, 0.717) is 24.6 Å². The predicted molar refractivity (Wildman–Crippen MR) is 110 cm³/mol. The Balaban J connectivity index is 1.43. The molecule has 1 aliphatic carbocycles. The molecule has 2 heterocycles. The fourth-order valence-electron chi connectivity index (χ4n) is 4.41. The van der Waals surface area contributed by atoms with Gasteiger partial charge < -0.3 is 5.32 Å². The van der Waals surface area contributed by atoms with Crippen LogP contribution < -0.4 is 5.32 Å². The zero-order chi connectivity index (χ0) is 21.1. The molecule has 1 aromatic carbocycles. The summed E-state index contributed by atoms with van der Waals surface area (Å²) < 4.78 is 29.2. The number of piperidine rings is 1. The number of aromatic nitrogens is 4. The van der Waals surface area contributed by atoms with Gasteiger partial charge in [0.05, 0.1) is 16.5 Å². The highest BCUT2D eigenvalue weighted by Gasteiger charge is 2.34. The first-order valence-corrected chi connectivity index (χ1v) is 12.0. The standard InChI is InChI=1S/C20H28N6O3S/c1-15-5-2-3-7-19(15)22-20(27)16-6-4-12-25(13-16)30(28,29)18-10-8-17(9-11-18)26-14-21-23-24-26/h8-11,14-16,19H,2-7,12-13H2,1H3,(H,22,27)/t15-,16-,19-/m1/s1. The van der Waals surface area contributed by atoms with Gasteiger partial charge in [-0.2, -0.15) is 4.31 Å². The number of nitrogens with zero attached hydrogens (tertiary/aromatic N) is 5. The molecule has 1 saturated carbocycles. The van der Waals surface area contributed by atoms with Crippen molar-refractivity contribution in [3.8, 4) is 5.69 Å². The van der Waals surface area contributed by atoms with Gasteiger partial charge in [-0.25, -0.2) is 13.1 Å². The van der Waals surface area contributed by atoms with Crippen molar-refractivity contribution in [3.05, 3.63) is 30.6 Å². The molecule has 2 fully saturated rings. The number of hydrogen-bond donors (Lipinski definition) is 1. The van der Waals surface area contributed by atoms with Crippen LogP contribution in [0.2, 0.25) is 0 Å². The van der Waals surface area contributed by atoms with Crippen LogP contribution >= 0.6 is 0 Å². The molecular weight excluding hydrogens is 404 g/mol. The molecule has 30 heavy (non-hydrogen) atoms. The number of carbonyl (C=O) groups is 1. The highest BCUT2D eigenvalue weighted by atomic mass is 32.2. The Labute approximate surface area is 176 Å². The lowest BCUT2D eigenvalue weighted by Crippen LogP contribution is -2.49. The van der Waals surface area contributed by atoms with E-state index in [1.807, 2.05) is 0 Å². The molecule has 0 radical (unpaired) electrons. The van der Waals surface area contributed by atoms with E-state index in [-0.39, 0.29) is 29.3 Å². The lowest BCUT2D eigenvalue weighted by Gasteiger charge is -2.34. The lowest BCUT2D eigenvalue weighted by atomic mass is 9.85. The molecule has 0 bridgehead atoms. The summed E-state index contributed by atoms with van der Waals surface area (Å²) in [5.41, 5.74) is 0.677. The Hall–Kier alpha value is -2.33. The molecule has 2 aromatic rings.